The predicted octanol–water partition coefficient (Wildman–Crippen LogP) is 1.86. The highest BCUT2D eigenvalue weighted by molar-refractivity contribution is 4.93. The van der Waals surface area contributed by atoms with Gasteiger partial charge in [-0.05, 0) is 25.3 Å². The van der Waals surface area contributed by atoms with E-state index in [1.165, 1.54) is 38.8 Å². The van der Waals surface area contributed by atoms with E-state index in [9.17, 15) is 0 Å². The first-order valence-electron chi connectivity index (χ1n) is 6.02. The third kappa shape index (κ3) is 2.12. The average molecular weight is 196 g/mol. The zero-order chi connectivity index (χ0) is 10.2. The molecule has 1 aliphatic heterocycles. The van der Waals surface area contributed by atoms with Crippen molar-refractivity contribution in [2.45, 2.75) is 51.6 Å². The van der Waals surface area contributed by atoms with E-state index in [0.29, 0.717) is 5.41 Å². The molecule has 1 saturated heterocycles. The molecule has 0 spiro atoms. The van der Waals surface area contributed by atoms with Gasteiger partial charge in [0.05, 0.1) is 0 Å². The first kappa shape index (κ1) is 10.4. The van der Waals surface area contributed by atoms with Crippen molar-refractivity contribution in [2.24, 2.45) is 5.41 Å². The third-order valence-corrected chi connectivity index (χ3v) is 4.01. The fourth-order valence-corrected chi connectivity index (χ4v) is 2.89. The SMILES string of the molecule is CN1CC(NC2CCCCC2(C)C)C1. The molecule has 1 N–H and O–H groups in total. The molecular weight excluding hydrogens is 172 g/mol. The fourth-order valence-electron chi connectivity index (χ4n) is 2.89. The molecule has 0 aromatic rings. The lowest BCUT2D eigenvalue weighted by molar-refractivity contribution is 0.0960. The summed E-state index contributed by atoms with van der Waals surface area (Å²) in [7, 11) is 2.20. The molecule has 14 heavy (non-hydrogen) atoms. The Bertz CT molecular complexity index is 194. The first-order valence-corrected chi connectivity index (χ1v) is 6.02. The summed E-state index contributed by atoms with van der Waals surface area (Å²) in [5, 5.41) is 3.83. The number of hydrogen-bond donors (Lipinski definition) is 1. The fraction of sp³-hybridized carbons (Fsp3) is 1.00. The molecule has 1 atom stereocenters. The normalized spacial score (nSPS) is 34.1. The predicted molar refractivity (Wildman–Crippen MR) is 60.5 cm³/mol. The number of nitrogens with zero attached hydrogens (tertiary/aromatic N) is 1. The molecule has 82 valence electrons. The minimum absolute atomic E-state index is 0.520. The minimum Gasteiger partial charge on any atom is -0.308 e. The van der Waals surface area contributed by atoms with Gasteiger partial charge in [-0.2, -0.15) is 0 Å². The quantitative estimate of drug-likeness (QED) is 0.725. The molecule has 2 aliphatic rings. The van der Waals surface area contributed by atoms with E-state index in [0.717, 1.165) is 12.1 Å². The molecular formula is C12H24N2. The Labute approximate surface area is 88.1 Å². The van der Waals surface area contributed by atoms with Gasteiger partial charge in [-0.15, -0.1) is 0 Å². The van der Waals surface area contributed by atoms with E-state index < -0.39 is 0 Å². The van der Waals surface area contributed by atoms with Crippen LogP contribution in [0, 0.1) is 5.41 Å². The minimum atomic E-state index is 0.520. The second-order valence-electron chi connectivity index (χ2n) is 5.87. The van der Waals surface area contributed by atoms with Crippen LogP contribution in [0.15, 0.2) is 0 Å². The molecule has 0 aromatic carbocycles. The van der Waals surface area contributed by atoms with E-state index in [1.807, 2.05) is 0 Å². The molecule has 1 aliphatic carbocycles. The van der Waals surface area contributed by atoms with Gasteiger partial charge in [-0.25, -0.2) is 0 Å². The van der Waals surface area contributed by atoms with E-state index in [1.54, 1.807) is 0 Å². The van der Waals surface area contributed by atoms with Gasteiger partial charge >= 0.3 is 0 Å². The highest BCUT2D eigenvalue weighted by atomic mass is 15.2. The number of rotatable bonds is 2. The van der Waals surface area contributed by atoms with Crippen molar-refractivity contribution < 1.29 is 0 Å². The van der Waals surface area contributed by atoms with Crippen LogP contribution >= 0.6 is 0 Å². The molecule has 2 nitrogen and oxygen atoms in total. The van der Waals surface area contributed by atoms with Crippen LogP contribution in [-0.4, -0.2) is 37.1 Å². The highest BCUT2D eigenvalue weighted by Gasteiger charge is 2.35. The van der Waals surface area contributed by atoms with Crippen molar-refractivity contribution in [1.29, 1.82) is 0 Å². The van der Waals surface area contributed by atoms with Crippen molar-refractivity contribution in [3.8, 4) is 0 Å². The summed E-state index contributed by atoms with van der Waals surface area (Å²) in [6, 6.07) is 1.53. The lowest BCUT2D eigenvalue weighted by atomic mass is 9.73. The summed E-state index contributed by atoms with van der Waals surface area (Å²) in [6.45, 7) is 7.33. The molecule has 0 amide bonds. The average Bonchev–Trinajstić information content (AvgIpc) is 2.05. The molecule has 1 heterocycles. The van der Waals surface area contributed by atoms with Crippen molar-refractivity contribution in [3.05, 3.63) is 0 Å². The van der Waals surface area contributed by atoms with Crippen molar-refractivity contribution in [1.82, 2.24) is 10.2 Å². The Morgan fingerprint density at radius 1 is 1.21 bits per heavy atom. The van der Waals surface area contributed by atoms with Gasteiger partial charge in [0.2, 0.25) is 0 Å². The summed E-state index contributed by atoms with van der Waals surface area (Å²) in [5.41, 5.74) is 0.520. The van der Waals surface area contributed by atoms with Crippen LogP contribution in [0.5, 0.6) is 0 Å². The van der Waals surface area contributed by atoms with Crippen LogP contribution in [0.25, 0.3) is 0 Å². The van der Waals surface area contributed by atoms with Crippen LogP contribution in [0.2, 0.25) is 0 Å². The van der Waals surface area contributed by atoms with E-state index in [-0.39, 0.29) is 0 Å². The molecule has 0 bridgehead atoms. The van der Waals surface area contributed by atoms with Crippen LogP contribution < -0.4 is 5.32 Å². The van der Waals surface area contributed by atoms with Crippen molar-refractivity contribution >= 4 is 0 Å². The summed E-state index contributed by atoms with van der Waals surface area (Å²) in [5.74, 6) is 0. The van der Waals surface area contributed by atoms with Gasteiger partial charge in [0.25, 0.3) is 0 Å². The zero-order valence-electron chi connectivity index (χ0n) is 9.84. The summed E-state index contributed by atoms with van der Waals surface area (Å²) < 4.78 is 0. The van der Waals surface area contributed by atoms with Crippen LogP contribution in [0.4, 0.5) is 0 Å². The highest BCUT2D eigenvalue weighted by Crippen LogP contribution is 2.35. The Morgan fingerprint density at radius 3 is 2.50 bits per heavy atom. The Balaban J connectivity index is 1.83. The molecule has 2 rings (SSSR count). The number of hydrogen-bond acceptors (Lipinski definition) is 2. The van der Waals surface area contributed by atoms with Crippen molar-refractivity contribution in [2.75, 3.05) is 20.1 Å². The van der Waals surface area contributed by atoms with Gasteiger partial charge in [0, 0.05) is 25.2 Å². The smallest absolute Gasteiger partial charge is 0.0325 e. The molecule has 1 saturated carbocycles. The van der Waals surface area contributed by atoms with Gasteiger partial charge < -0.3 is 10.2 Å². The van der Waals surface area contributed by atoms with Crippen LogP contribution in [-0.2, 0) is 0 Å². The van der Waals surface area contributed by atoms with E-state index in [4.69, 9.17) is 0 Å². The maximum absolute atomic E-state index is 3.83. The molecule has 2 heteroatoms. The Kier molecular flexibility index (Phi) is 2.85. The second kappa shape index (κ2) is 3.82. The second-order valence-corrected chi connectivity index (χ2v) is 5.87. The van der Waals surface area contributed by atoms with E-state index >= 15 is 0 Å². The summed E-state index contributed by atoms with van der Waals surface area (Å²) in [6.07, 6.45) is 5.62. The molecule has 0 aromatic heterocycles. The largest absolute Gasteiger partial charge is 0.308 e. The number of likely N-dealkylation sites (tertiary alicyclic amines) is 1. The van der Waals surface area contributed by atoms with Crippen LogP contribution in [0.1, 0.15) is 39.5 Å². The Morgan fingerprint density at radius 2 is 1.93 bits per heavy atom. The molecule has 1 unspecified atom stereocenters. The van der Waals surface area contributed by atoms with Gasteiger partial charge in [0.1, 0.15) is 0 Å². The van der Waals surface area contributed by atoms with Gasteiger partial charge in [-0.1, -0.05) is 26.7 Å². The van der Waals surface area contributed by atoms with Gasteiger partial charge in [-0.3, -0.25) is 0 Å². The molecule has 2 fully saturated rings. The number of likely N-dealkylation sites (N-methyl/N-ethyl adjacent to an activating group) is 1. The third-order valence-electron chi connectivity index (χ3n) is 4.01. The van der Waals surface area contributed by atoms with E-state index in [2.05, 4.69) is 31.1 Å². The van der Waals surface area contributed by atoms with Gasteiger partial charge in [0.15, 0.2) is 0 Å². The lowest BCUT2D eigenvalue weighted by Gasteiger charge is -2.45. The summed E-state index contributed by atoms with van der Waals surface area (Å²) in [4.78, 5) is 2.38. The zero-order valence-corrected chi connectivity index (χ0v) is 9.84. The first-order chi connectivity index (χ1) is 6.58. The molecule has 0 radical (unpaired) electrons. The summed E-state index contributed by atoms with van der Waals surface area (Å²) >= 11 is 0. The number of nitrogens with one attached hydrogen (secondary N) is 1. The standard InChI is InChI=1S/C12H24N2/c1-12(2)7-5-4-6-11(12)13-10-8-14(3)9-10/h10-11,13H,4-9H2,1-3H3. The maximum atomic E-state index is 3.83. The monoisotopic (exact) mass is 196 g/mol. The lowest BCUT2D eigenvalue weighted by Crippen LogP contribution is -2.61. The van der Waals surface area contributed by atoms with Crippen molar-refractivity contribution in [3.63, 3.8) is 0 Å². The maximum Gasteiger partial charge on any atom is 0.0325 e. The Hall–Kier alpha value is -0.0800. The van der Waals surface area contributed by atoms with Crippen LogP contribution in [0.3, 0.4) is 0 Å². The topological polar surface area (TPSA) is 15.3 Å².